The molecule has 0 radical (unpaired) electrons. The fourth-order valence-electron chi connectivity index (χ4n) is 1.04. The molecule has 0 unspecified atom stereocenters. The van der Waals surface area contributed by atoms with E-state index in [2.05, 4.69) is 4.98 Å². The quantitative estimate of drug-likeness (QED) is 0.824. The first kappa shape index (κ1) is 11.0. The van der Waals surface area contributed by atoms with E-state index in [0.29, 0.717) is 0 Å². The fourth-order valence-corrected chi connectivity index (χ4v) is 1.04. The van der Waals surface area contributed by atoms with E-state index >= 15 is 0 Å². The molecule has 15 heavy (non-hydrogen) atoms. The molecule has 0 saturated heterocycles. The number of halogens is 2. The normalized spacial score (nSPS) is 10.0. The SMILES string of the molecule is N#Cc1cnc(CC(=O)O)cc1C(F)F. The Kier molecular flexibility index (Phi) is 3.29. The summed E-state index contributed by atoms with van der Waals surface area (Å²) in [4.78, 5) is 13.9. The summed E-state index contributed by atoms with van der Waals surface area (Å²) >= 11 is 0. The number of aromatic nitrogens is 1. The van der Waals surface area contributed by atoms with Crippen LogP contribution in [-0.4, -0.2) is 16.1 Å². The Morgan fingerprint density at radius 2 is 2.33 bits per heavy atom. The molecule has 0 aliphatic carbocycles. The maximum absolute atomic E-state index is 12.4. The van der Waals surface area contributed by atoms with Crippen LogP contribution in [0, 0.1) is 11.3 Å². The van der Waals surface area contributed by atoms with E-state index in [1.807, 2.05) is 0 Å². The lowest BCUT2D eigenvalue weighted by Crippen LogP contribution is -2.04. The van der Waals surface area contributed by atoms with Crippen LogP contribution in [-0.2, 0) is 11.2 Å². The van der Waals surface area contributed by atoms with E-state index in [9.17, 15) is 13.6 Å². The Hall–Kier alpha value is -2.03. The van der Waals surface area contributed by atoms with Crippen molar-refractivity contribution in [1.29, 1.82) is 5.26 Å². The molecule has 0 aliphatic heterocycles. The lowest BCUT2D eigenvalue weighted by Gasteiger charge is -2.03. The number of alkyl halides is 2. The highest BCUT2D eigenvalue weighted by atomic mass is 19.3. The molecule has 0 saturated carbocycles. The van der Waals surface area contributed by atoms with Crippen LogP contribution in [0.5, 0.6) is 0 Å². The molecule has 4 nitrogen and oxygen atoms in total. The minimum absolute atomic E-state index is 0.0109. The molecular formula is C9H6F2N2O2. The van der Waals surface area contributed by atoms with Crippen molar-refractivity contribution in [3.05, 3.63) is 29.1 Å². The number of pyridine rings is 1. The van der Waals surface area contributed by atoms with E-state index in [1.54, 1.807) is 6.07 Å². The van der Waals surface area contributed by atoms with Crippen LogP contribution in [0.25, 0.3) is 0 Å². The lowest BCUT2D eigenvalue weighted by atomic mass is 10.1. The Labute approximate surface area is 83.8 Å². The van der Waals surface area contributed by atoms with E-state index in [-0.39, 0.29) is 11.3 Å². The van der Waals surface area contributed by atoms with Gasteiger partial charge in [0.1, 0.15) is 6.07 Å². The number of carbonyl (C=O) groups is 1. The van der Waals surface area contributed by atoms with Gasteiger partial charge in [-0.1, -0.05) is 0 Å². The topological polar surface area (TPSA) is 74.0 Å². The Balaban J connectivity index is 3.11. The number of rotatable bonds is 3. The average Bonchev–Trinajstić information content (AvgIpc) is 2.16. The lowest BCUT2D eigenvalue weighted by molar-refractivity contribution is -0.136. The highest BCUT2D eigenvalue weighted by Crippen LogP contribution is 2.22. The smallest absolute Gasteiger partial charge is 0.309 e. The van der Waals surface area contributed by atoms with Crippen molar-refractivity contribution in [1.82, 2.24) is 4.98 Å². The number of carboxylic acid groups (broad SMARTS) is 1. The molecule has 0 bridgehead atoms. The first-order chi connectivity index (χ1) is 7.04. The average molecular weight is 212 g/mol. The van der Waals surface area contributed by atoms with E-state index in [1.165, 1.54) is 0 Å². The second-order valence-corrected chi connectivity index (χ2v) is 2.75. The van der Waals surface area contributed by atoms with Crippen molar-refractivity contribution in [2.75, 3.05) is 0 Å². The Morgan fingerprint density at radius 3 is 2.80 bits per heavy atom. The van der Waals surface area contributed by atoms with Crippen LogP contribution in [0.3, 0.4) is 0 Å². The second kappa shape index (κ2) is 4.46. The van der Waals surface area contributed by atoms with E-state index in [4.69, 9.17) is 10.4 Å². The first-order valence-electron chi connectivity index (χ1n) is 3.93. The van der Waals surface area contributed by atoms with Crippen molar-refractivity contribution in [3.8, 4) is 6.07 Å². The molecule has 6 heteroatoms. The van der Waals surface area contributed by atoms with Crippen molar-refractivity contribution in [2.45, 2.75) is 12.8 Å². The van der Waals surface area contributed by atoms with Crippen molar-refractivity contribution >= 4 is 5.97 Å². The van der Waals surface area contributed by atoms with Gasteiger partial charge in [0.15, 0.2) is 0 Å². The molecule has 0 fully saturated rings. The van der Waals surface area contributed by atoms with Gasteiger partial charge in [-0.3, -0.25) is 9.78 Å². The Bertz CT molecular complexity index is 427. The van der Waals surface area contributed by atoms with Gasteiger partial charge in [-0.2, -0.15) is 5.26 Å². The summed E-state index contributed by atoms with van der Waals surface area (Å²) in [5, 5.41) is 16.9. The highest BCUT2D eigenvalue weighted by Gasteiger charge is 2.15. The molecule has 0 amide bonds. The summed E-state index contributed by atoms with van der Waals surface area (Å²) in [5.74, 6) is -1.16. The van der Waals surface area contributed by atoms with Crippen LogP contribution in [0.2, 0.25) is 0 Å². The predicted molar refractivity (Wildman–Crippen MR) is 45.2 cm³/mol. The van der Waals surface area contributed by atoms with Gasteiger partial charge in [0.25, 0.3) is 6.43 Å². The van der Waals surface area contributed by atoms with Crippen molar-refractivity contribution in [2.24, 2.45) is 0 Å². The van der Waals surface area contributed by atoms with Crippen LogP contribution in [0.15, 0.2) is 12.3 Å². The van der Waals surface area contributed by atoms with Crippen molar-refractivity contribution < 1.29 is 18.7 Å². The minimum Gasteiger partial charge on any atom is -0.481 e. The molecule has 1 aromatic rings. The first-order valence-corrected chi connectivity index (χ1v) is 3.93. The number of carboxylic acids is 1. The molecule has 1 N–H and O–H groups in total. The third kappa shape index (κ3) is 2.71. The van der Waals surface area contributed by atoms with Crippen LogP contribution < -0.4 is 0 Å². The Morgan fingerprint density at radius 1 is 1.67 bits per heavy atom. The predicted octanol–water partition coefficient (Wildman–Crippen LogP) is 1.52. The summed E-state index contributed by atoms with van der Waals surface area (Å²) in [7, 11) is 0. The van der Waals surface area contributed by atoms with E-state index in [0.717, 1.165) is 12.3 Å². The molecule has 1 heterocycles. The van der Waals surface area contributed by atoms with Crippen LogP contribution in [0.4, 0.5) is 8.78 Å². The molecule has 0 atom stereocenters. The molecular weight excluding hydrogens is 206 g/mol. The molecule has 1 rings (SSSR count). The summed E-state index contributed by atoms with van der Waals surface area (Å²) in [6.45, 7) is 0. The maximum atomic E-state index is 12.4. The largest absolute Gasteiger partial charge is 0.481 e. The number of nitrogens with zero attached hydrogens (tertiary/aromatic N) is 2. The van der Waals surface area contributed by atoms with Gasteiger partial charge in [0.2, 0.25) is 0 Å². The molecule has 1 aromatic heterocycles. The molecule has 0 spiro atoms. The summed E-state index contributed by atoms with van der Waals surface area (Å²) in [6.07, 6.45) is -2.29. The zero-order valence-corrected chi connectivity index (χ0v) is 7.44. The standard InChI is InChI=1S/C9H6F2N2O2/c10-9(11)7-1-6(2-8(14)15)13-4-5(7)3-12/h1,4,9H,2H2,(H,14,15). The third-order valence-electron chi connectivity index (χ3n) is 1.68. The number of hydrogen-bond acceptors (Lipinski definition) is 3. The highest BCUT2D eigenvalue weighted by molar-refractivity contribution is 5.69. The number of nitriles is 1. The van der Waals surface area contributed by atoms with Gasteiger partial charge in [-0.15, -0.1) is 0 Å². The maximum Gasteiger partial charge on any atom is 0.309 e. The summed E-state index contributed by atoms with van der Waals surface area (Å²) in [6, 6.07) is 2.51. The summed E-state index contributed by atoms with van der Waals surface area (Å²) in [5.41, 5.74) is -0.709. The van der Waals surface area contributed by atoms with Gasteiger partial charge in [0.05, 0.1) is 17.7 Å². The zero-order valence-electron chi connectivity index (χ0n) is 7.44. The monoisotopic (exact) mass is 212 g/mol. The number of hydrogen-bond donors (Lipinski definition) is 1. The fraction of sp³-hybridized carbons (Fsp3) is 0.222. The van der Waals surface area contributed by atoms with Crippen molar-refractivity contribution in [3.63, 3.8) is 0 Å². The zero-order chi connectivity index (χ0) is 11.4. The van der Waals surface area contributed by atoms with Crippen LogP contribution >= 0.6 is 0 Å². The molecule has 0 aliphatic rings. The minimum atomic E-state index is -2.81. The van der Waals surface area contributed by atoms with Gasteiger partial charge in [-0.05, 0) is 6.07 Å². The molecule has 0 aromatic carbocycles. The molecule has 78 valence electrons. The van der Waals surface area contributed by atoms with Crippen LogP contribution in [0.1, 0.15) is 23.2 Å². The van der Waals surface area contributed by atoms with Gasteiger partial charge >= 0.3 is 5.97 Å². The summed E-state index contributed by atoms with van der Waals surface area (Å²) < 4.78 is 24.8. The van der Waals surface area contributed by atoms with Gasteiger partial charge < -0.3 is 5.11 Å². The number of aliphatic carboxylic acids is 1. The van der Waals surface area contributed by atoms with Gasteiger partial charge in [-0.25, -0.2) is 8.78 Å². The van der Waals surface area contributed by atoms with Gasteiger partial charge in [0, 0.05) is 11.8 Å². The van der Waals surface area contributed by atoms with E-state index < -0.39 is 24.4 Å². The third-order valence-corrected chi connectivity index (χ3v) is 1.68. The second-order valence-electron chi connectivity index (χ2n) is 2.75.